The highest BCUT2D eigenvalue weighted by atomic mass is 16.2. The van der Waals surface area contributed by atoms with Gasteiger partial charge in [-0.2, -0.15) is 0 Å². The lowest BCUT2D eigenvalue weighted by Crippen LogP contribution is -2.33. The largest absolute Gasteiger partial charge is 0.359 e. The molecule has 1 aliphatic rings. The van der Waals surface area contributed by atoms with Gasteiger partial charge in [-0.05, 0) is 29.5 Å². The Hall–Kier alpha value is -1.64. The Morgan fingerprint density at radius 1 is 1.33 bits per heavy atom. The average molecular weight is 245 g/mol. The molecule has 18 heavy (non-hydrogen) atoms. The van der Waals surface area contributed by atoms with Crippen molar-refractivity contribution in [1.82, 2.24) is 5.32 Å². The van der Waals surface area contributed by atoms with Crippen molar-refractivity contribution >= 4 is 11.7 Å². The van der Waals surface area contributed by atoms with Crippen molar-refractivity contribution in [1.29, 1.82) is 0 Å². The Balaban J connectivity index is 2.33. The molecule has 1 atom stereocenters. The fourth-order valence-electron chi connectivity index (χ4n) is 2.45. The van der Waals surface area contributed by atoms with Crippen LogP contribution >= 0.6 is 0 Å². The first-order valence-corrected chi connectivity index (χ1v) is 6.40. The summed E-state index contributed by atoms with van der Waals surface area (Å²) in [7, 11) is 1.62. The van der Waals surface area contributed by atoms with Gasteiger partial charge >= 0.3 is 0 Å². The molecule has 0 aliphatic heterocycles. The van der Waals surface area contributed by atoms with Gasteiger partial charge in [0.1, 0.15) is 0 Å². The predicted molar refractivity (Wildman–Crippen MR) is 70.7 cm³/mol. The molecule has 96 valence electrons. The highest BCUT2D eigenvalue weighted by molar-refractivity contribution is 6.01. The third-order valence-electron chi connectivity index (χ3n) is 3.62. The fourth-order valence-corrected chi connectivity index (χ4v) is 2.45. The maximum Gasteiger partial charge on any atom is 0.223 e. The van der Waals surface area contributed by atoms with Crippen LogP contribution < -0.4 is 5.32 Å². The molecule has 1 N–H and O–H groups in total. The molecule has 1 unspecified atom stereocenters. The maximum absolute atomic E-state index is 12.1. The molecule has 0 saturated heterocycles. The zero-order chi connectivity index (χ0) is 13.3. The molecule has 0 spiro atoms. The highest BCUT2D eigenvalue weighted by Gasteiger charge is 2.29. The second kappa shape index (κ2) is 4.92. The van der Waals surface area contributed by atoms with Crippen molar-refractivity contribution in [3.05, 3.63) is 34.9 Å². The number of benzene rings is 1. The molecule has 0 radical (unpaired) electrons. The summed E-state index contributed by atoms with van der Waals surface area (Å²) < 4.78 is 0. The summed E-state index contributed by atoms with van der Waals surface area (Å²) in [6.45, 7) is 4.23. The van der Waals surface area contributed by atoms with Gasteiger partial charge < -0.3 is 5.32 Å². The smallest absolute Gasteiger partial charge is 0.223 e. The molecular weight excluding hydrogens is 226 g/mol. The molecule has 3 nitrogen and oxygen atoms in total. The molecule has 0 saturated carbocycles. The number of ketones is 1. The van der Waals surface area contributed by atoms with E-state index in [1.165, 1.54) is 5.56 Å². The van der Waals surface area contributed by atoms with Crippen molar-refractivity contribution in [2.45, 2.75) is 32.6 Å². The Labute approximate surface area is 108 Å². The second-order valence-corrected chi connectivity index (χ2v) is 5.21. The molecule has 0 heterocycles. The van der Waals surface area contributed by atoms with Gasteiger partial charge in [0.15, 0.2) is 5.78 Å². The van der Waals surface area contributed by atoms with E-state index in [4.69, 9.17) is 0 Å². The van der Waals surface area contributed by atoms with Crippen LogP contribution in [0.15, 0.2) is 18.2 Å². The van der Waals surface area contributed by atoms with Crippen LogP contribution in [0.4, 0.5) is 0 Å². The highest BCUT2D eigenvalue weighted by Crippen LogP contribution is 2.28. The maximum atomic E-state index is 12.1. The van der Waals surface area contributed by atoms with E-state index < -0.39 is 0 Å². The Morgan fingerprint density at radius 3 is 2.67 bits per heavy atom. The molecule has 1 amide bonds. The number of carbonyl (C=O) groups excluding carboxylic acids is 2. The summed E-state index contributed by atoms with van der Waals surface area (Å²) >= 11 is 0. The fraction of sp³-hybridized carbons (Fsp3) is 0.467. The van der Waals surface area contributed by atoms with Gasteiger partial charge in [0.2, 0.25) is 5.91 Å². The minimum absolute atomic E-state index is 0.0399. The van der Waals surface area contributed by atoms with Gasteiger partial charge in [-0.15, -0.1) is 0 Å². The van der Waals surface area contributed by atoms with E-state index in [-0.39, 0.29) is 17.6 Å². The van der Waals surface area contributed by atoms with Gasteiger partial charge in [0.25, 0.3) is 0 Å². The molecule has 1 aliphatic carbocycles. The van der Waals surface area contributed by atoms with E-state index in [1.54, 1.807) is 7.05 Å². The normalized spacial score (nSPS) is 18.7. The number of hydrogen-bond donors (Lipinski definition) is 1. The Kier molecular flexibility index (Phi) is 3.50. The van der Waals surface area contributed by atoms with Crippen molar-refractivity contribution < 1.29 is 9.59 Å². The van der Waals surface area contributed by atoms with Crippen LogP contribution in [-0.2, 0) is 11.2 Å². The van der Waals surface area contributed by atoms with Crippen LogP contribution in [0.2, 0.25) is 0 Å². The van der Waals surface area contributed by atoms with Crippen molar-refractivity contribution in [3.8, 4) is 0 Å². The molecule has 0 bridgehead atoms. The van der Waals surface area contributed by atoms with Crippen molar-refractivity contribution in [2.24, 2.45) is 5.92 Å². The van der Waals surface area contributed by atoms with Gasteiger partial charge in [-0.25, -0.2) is 0 Å². The zero-order valence-electron chi connectivity index (χ0n) is 11.1. The SMILES string of the molecule is CNC(=O)C1CC(=O)c2cc(C(C)C)ccc2C1. The lowest BCUT2D eigenvalue weighted by atomic mass is 9.81. The number of carbonyl (C=O) groups is 2. The summed E-state index contributed by atoms with van der Waals surface area (Å²) in [6, 6.07) is 6.04. The van der Waals surface area contributed by atoms with Crippen LogP contribution in [0.25, 0.3) is 0 Å². The summed E-state index contributed by atoms with van der Waals surface area (Å²) in [5.41, 5.74) is 2.99. The van der Waals surface area contributed by atoms with E-state index in [9.17, 15) is 9.59 Å². The standard InChI is InChI=1S/C15H19NO2/c1-9(2)10-4-5-11-6-12(15(18)16-3)8-14(17)13(11)7-10/h4-5,7,9,12H,6,8H2,1-3H3,(H,16,18). The third-order valence-corrected chi connectivity index (χ3v) is 3.62. The van der Waals surface area contributed by atoms with Crippen LogP contribution in [-0.4, -0.2) is 18.7 Å². The lowest BCUT2D eigenvalue weighted by molar-refractivity contribution is -0.124. The summed E-state index contributed by atoms with van der Waals surface area (Å²) in [4.78, 5) is 23.7. The van der Waals surface area contributed by atoms with E-state index in [0.717, 1.165) is 11.1 Å². The average Bonchev–Trinajstić information content (AvgIpc) is 2.37. The quantitative estimate of drug-likeness (QED) is 0.869. The van der Waals surface area contributed by atoms with E-state index in [1.807, 2.05) is 12.1 Å². The molecule has 1 aromatic rings. The number of Topliss-reactive ketones (excluding diaryl/α,β-unsaturated/α-hetero) is 1. The predicted octanol–water partition coefficient (Wildman–Crippen LogP) is 2.30. The monoisotopic (exact) mass is 245 g/mol. The molecule has 1 aromatic carbocycles. The van der Waals surface area contributed by atoms with E-state index in [2.05, 4.69) is 25.2 Å². The number of amides is 1. The summed E-state index contributed by atoms with van der Waals surface area (Å²) in [5, 5.41) is 2.62. The first-order valence-electron chi connectivity index (χ1n) is 6.40. The number of rotatable bonds is 2. The Bertz CT molecular complexity index is 491. The van der Waals surface area contributed by atoms with E-state index in [0.29, 0.717) is 18.8 Å². The molecular formula is C15H19NO2. The van der Waals surface area contributed by atoms with Crippen LogP contribution in [0, 0.1) is 5.92 Å². The topological polar surface area (TPSA) is 46.2 Å². The van der Waals surface area contributed by atoms with Crippen molar-refractivity contribution in [2.75, 3.05) is 7.05 Å². The third kappa shape index (κ3) is 2.30. The van der Waals surface area contributed by atoms with Crippen molar-refractivity contribution in [3.63, 3.8) is 0 Å². The Morgan fingerprint density at radius 2 is 2.06 bits per heavy atom. The number of nitrogens with one attached hydrogen (secondary N) is 1. The number of fused-ring (bicyclic) bond motifs is 1. The lowest BCUT2D eigenvalue weighted by Gasteiger charge is -2.23. The summed E-state index contributed by atoms with van der Waals surface area (Å²) in [5.74, 6) is 0.258. The minimum atomic E-state index is -0.208. The molecule has 0 aromatic heterocycles. The summed E-state index contributed by atoms with van der Waals surface area (Å²) in [6.07, 6.45) is 0.993. The van der Waals surface area contributed by atoms with Gasteiger partial charge in [0, 0.05) is 24.9 Å². The molecule has 2 rings (SSSR count). The van der Waals surface area contributed by atoms with Gasteiger partial charge in [-0.3, -0.25) is 9.59 Å². The van der Waals surface area contributed by atoms with Gasteiger partial charge in [-0.1, -0.05) is 26.0 Å². The molecule has 3 heteroatoms. The van der Waals surface area contributed by atoms with Gasteiger partial charge in [0.05, 0.1) is 0 Å². The van der Waals surface area contributed by atoms with Crippen LogP contribution in [0.5, 0.6) is 0 Å². The minimum Gasteiger partial charge on any atom is -0.359 e. The first-order chi connectivity index (χ1) is 8.52. The zero-order valence-corrected chi connectivity index (χ0v) is 11.1. The molecule has 0 fully saturated rings. The number of hydrogen-bond acceptors (Lipinski definition) is 2. The van der Waals surface area contributed by atoms with Crippen LogP contribution in [0.1, 0.15) is 47.7 Å². The van der Waals surface area contributed by atoms with E-state index >= 15 is 0 Å². The first kappa shape index (κ1) is 12.8. The second-order valence-electron chi connectivity index (χ2n) is 5.21. The van der Waals surface area contributed by atoms with Crippen LogP contribution in [0.3, 0.4) is 0 Å².